The van der Waals surface area contributed by atoms with Gasteiger partial charge in [0.15, 0.2) is 0 Å². The summed E-state index contributed by atoms with van der Waals surface area (Å²) < 4.78 is 15.9. The maximum Gasteiger partial charge on any atom is 0.284 e. The summed E-state index contributed by atoms with van der Waals surface area (Å²) in [4.78, 5) is 4.42. The Kier molecular flexibility index (Phi) is 3.87. The summed E-state index contributed by atoms with van der Waals surface area (Å²) in [7, 11) is 0. The van der Waals surface area contributed by atoms with Crippen LogP contribution in [-0.4, -0.2) is 27.1 Å². The minimum Gasteiger partial charge on any atom is -0.379 e. The Morgan fingerprint density at radius 2 is 1.90 bits per heavy atom. The van der Waals surface area contributed by atoms with E-state index in [1.54, 1.807) is 0 Å². The van der Waals surface area contributed by atoms with Crippen LogP contribution < -0.4 is 5.73 Å². The predicted octanol–water partition coefficient (Wildman–Crippen LogP) is 2.29. The number of hydrogen-bond donors (Lipinski definition) is 1. The van der Waals surface area contributed by atoms with Gasteiger partial charge in [0.25, 0.3) is 5.89 Å². The van der Waals surface area contributed by atoms with Gasteiger partial charge in [0.1, 0.15) is 5.60 Å². The van der Waals surface area contributed by atoms with Crippen molar-refractivity contribution in [2.24, 2.45) is 0 Å². The lowest BCUT2D eigenvalue weighted by atomic mass is 9.93. The quantitative estimate of drug-likeness (QED) is 0.854. The molecule has 1 saturated carbocycles. The average Bonchev–Trinajstić information content (AvgIpc) is 3.05. The minimum absolute atomic E-state index is 0.136. The van der Waals surface area contributed by atoms with E-state index < -0.39 is 5.60 Å². The Balaban J connectivity index is 1.93. The lowest BCUT2D eigenvalue weighted by molar-refractivity contribution is -0.0636. The van der Waals surface area contributed by atoms with Crippen LogP contribution in [0, 0.1) is 0 Å². The molecule has 8 nitrogen and oxygen atoms in total. The van der Waals surface area contributed by atoms with Gasteiger partial charge in [0.2, 0.25) is 17.3 Å². The molecule has 8 heteroatoms. The highest BCUT2D eigenvalue weighted by Crippen LogP contribution is 2.38. The van der Waals surface area contributed by atoms with Crippen LogP contribution in [0.2, 0.25) is 0 Å². The molecule has 114 valence electrons. The van der Waals surface area contributed by atoms with Crippen molar-refractivity contribution < 1.29 is 13.9 Å². The monoisotopic (exact) mass is 293 g/mol. The van der Waals surface area contributed by atoms with Crippen molar-refractivity contribution in [1.29, 1.82) is 0 Å². The fourth-order valence-electron chi connectivity index (χ4n) is 2.86. The molecule has 0 bridgehead atoms. The molecule has 0 radical (unpaired) electrons. The molecule has 0 spiro atoms. The van der Waals surface area contributed by atoms with Crippen molar-refractivity contribution in [2.75, 3.05) is 12.3 Å². The van der Waals surface area contributed by atoms with Gasteiger partial charge in [-0.1, -0.05) is 30.8 Å². The highest BCUT2D eigenvalue weighted by atomic mass is 16.6. The van der Waals surface area contributed by atoms with Crippen molar-refractivity contribution in [3.05, 3.63) is 5.82 Å². The second-order valence-electron chi connectivity index (χ2n) is 5.26. The molecule has 2 N–H and O–H groups in total. The summed E-state index contributed by atoms with van der Waals surface area (Å²) in [6.07, 6.45) is 6.40. The third-order valence-electron chi connectivity index (χ3n) is 3.88. The Morgan fingerprint density at radius 3 is 2.52 bits per heavy atom. The number of hydrogen-bond acceptors (Lipinski definition) is 8. The van der Waals surface area contributed by atoms with Gasteiger partial charge in [0, 0.05) is 6.61 Å². The van der Waals surface area contributed by atoms with Gasteiger partial charge < -0.3 is 15.0 Å². The Morgan fingerprint density at radius 1 is 1.14 bits per heavy atom. The van der Waals surface area contributed by atoms with Gasteiger partial charge in [-0.3, -0.25) is 0 Å². The van der Waals surface area contributed by atoms with Crippen LogP contribution in [0.25, 0.3) is 11.6 Å². The number of anilines is 1. The first-order valence-corrected chi connectivity index (χ1v) is 7.32. The number of nitrogens with zero attached hydrogens (tertiary/aromatic N) is 4. The predicted molar refractivity (Wildman–Crippen MR) is 73.0 cm³/mol. The van der Waals surface area contributed by atoms with Crippen LogP contribution in [0.4, 0.5) is 5.82 Å². The normalized spacial score (nSPS) is 18.5. The van der Waals surface area contributed by atoms with Crippen LogP contribution in [0.15, 0.2) is 9.15 Å². The highest BCUT2D eigenvalue weighted by molar-refractivity contribution is 5.60. The molecule has 2 aromatic heterocycles. The van der Waals surface area contributed by atoms with Crippen molar-refractivity contribution in [3.8, 4) is 11.6 Å². The molecule has 0 saturated heterocycles. The molecule has 0 aromatic carbocycles. The Hall–Kier alpha value is -1.96. The molecule has 1 aliphatic carbocycles. The van der Waals surface area contributed by atoms with Gasteiger partial charge in [0.05, 0.1) is 0 Å². The molecule has 0 atom stereocenters. The summed E-state index contributed by atoms with van der Waals surface area (Å²) in [5, 5.41) is 11.3. The van der Waals surface area contributed by atoms with Crippen molar-refractivity contribution in [3.63, 3.8) is 0 Å². The molecule has 1 aliphatic rings. The molecule has 1 fully saturated rings. The van der Waals surface area contributed by atoms with Crippen LogP contribution in [-0.2, 0) is 10.3 Å². The maximum absolute atomic E-state index is 6.02. The van der Waals surface area contributed by atoms with E-state index in [9.17, 15) is 0 Å². The molecule has 0 aliphatic heterocycles. The number of ether oxygens (including phenoxy) is 1. The van der Waals surface area contributed by atoms with Crippen LogP contribution in [0.3, 0.4) is 0 Å². The lowest BCUT2D eigenvalue weighted by Gasteiger charge is -2.29. The molecular weight excluding hydrogens is 274 g/mol. The van der Waals surface area contributed by atoms with Gasteiger partial charge in [-0.25, -0.2) is 4.63 Å². The number of nitrogen functional groups attached to an aromatic ring is 1. The van der Waals surface area contributed by atoms with Crippen LogP contribution in [0.1, 0.15) is 51.3 Å². The third kappa shape index (κ3) is 2.63. The summed E-state index contributed by atoms with van der Waals surface area (Å²) in [6.45, 7) is 2.59. The van der Waals surface area contributed by atoms with E-state index in [0.717, 1.165) is 25.7 Å². The van der Waals surface area contributed by atoms with Gasteiger partial charge >= 0.3 is 0 Å². The van der Waals surface area contributed by atoms with E-state index in [0.29, 0.717) is 12.4 Å². The number of aromatic nitrogens is 4. The summed E-state index contributed by atoms with van der Waals surface area (Å²) in [5.74, 6) is 0.909. The fraction of sp³-hybridized carbons (Fsp3) is 0.692. The summed E-state index contributed by atoms with van der Waals surface area (Å²) in [5.41, 5.74) is 5.45. The molecule has 21 heavy (non-hydrogen) atoms. The van der Waals surface area contributed by atoms with E-state index in [-0.39, 0.29) is 17.4 Å². The Bertz CT molecular complexity index is 586. The second kappa shape index (κ2) is 5.80. The maximum atomic E-state index is 6.02. The smallest absolute Gasteiger partial charge is 0.284 e. The van der Waals surface area contributed by atoms with E-state index in [2.05, 4.69) is 25.1 Å². The van der Waals surface area contributed by atoms with Gasteiger partial charge in [-0.05, 0) is 30.1 Å². The highest BCUT2D eigenvalue weighted by Gasteiger charge is 2.38. The molecule has 3 rings (SSSR count). The van der Waals surface area contributed by atoms with Crippen LogP contribution in [0.5, 0.6) is 0 Å². The van der Waals surface area contributed by atoms with Crippen molar-refractivity contribution in [1.82, 2.24) is 20.5 Å². The molecule has 0 amide bonds. The van der Waals surface area contributed by atoms with E-state index in [1.165, 1.54) is 12.8 Å². The first kappa shape index (κ1) is 14.0. The second-order valence-corrected chi connectivity index (χ2v) is 5.26. The number of nitrogens with two attached hydrogens (primary N) is 1. The molecule has 2 aromatic rings. The molecule has 0 unspecified atom stereocenters. The van der Waals surface area contributed by atoms with E-state index in [1.807, 2.05) is 6.92 Å². The zero-order chi connectivity index (χ0) is 14.7. The zero-order valence-corrected chi connectivity index (χ0v) is 12.0. The van der Waals surface area contributed by atoms with Crippen molar-refractivity contribution in [2.45, 2.75) is 51.0 Å². The van der Waals surface area contributed by atoms with Gasteiger partial charge in [-0.2, -0.15) is 4.98 Å². The molecular formula is C13H19N5O3. The molecule has 2 heterocycles. The topological polar surface area (TPSA) is 113 Å². The van der Waals surface area contributed by atoms with Crippen molar-refractivity contribution >= 4 is 5.82 Å². The van der Waals surface area contributed by atoms with E-state index >= 15 is 0 Å². The standard InChI is InChI=1S/C13H19N5O3/c1-2-19-13(7-5-3-4-6-8-13)12-15-11(20-18-12)9-10(14)17-21-16-9/h2-8H2,1H3,(H2,14,17). The SMILES string of the molecule is CCOC1(c2noc(-c3nonc3N)n2)CCCCCC1. The summed E-state index contributed by atoms with van der Waals surface area (Å²) in [6, 6.07) is 0. The minimum atomic E-state index is -0.473. The van der Waals surface area contributed by atoms with Crippen LogP contribution >= 0.6 is 0 Å². The first-order valence-electron chi connectivity index (χ1n) is 7.32. The largest absolute Gasteiger partial charge is 0.379 e. The van der Waals surface area contributed by atoms with E-state index in [4.69, 9.17) is 15.0 Å². The average molecular weight is 293 g/mol. The lowest BCUT2D eigenvalue weighted by Crippen LogP contribution is -2.30. The Labute approximate surface area is 122 Å². The fourth-order valence-corrected chi connectivity index (χ4v) is 2.86. The third-order valence-corrected chi connectivity index (χ3v) is 3.88. The summed E-state index contributed by atoms with van der Waals surface area (Å²) >= 11 is 0. The number of rotatable bonds is 4. The zero-order valence-electron chi connectivity index (χ0n) is 12.0. The van der Waals surface area contributed by atoms with Gasteiger partial charge in [-0.15, -0.1) is 0 Å². The first-order chi connectivity index (χ1) is 10.2.